The molecule has 4 nitrogen and oxygen atoms in total. The van der Waals surface area contributed by atoms with Crippen molar-refractivity contribution < 1.29 is 14.7 Å². The number of anilines is 1. The molecule has 1 amide bonds. The number of carboxylic acid groups (broad SMARTS) is 1. The lowest BCUT2D eigenvalue weighted by molar-refractivity contribution is -0.137. The molecule has 1 heterocycles. The maximum atomic E-state index is 11.7. The SMILES string of the molecule is O=C(O)CC[C@@H]1Cc2ccccc2NC1=O. The number of aliphatic carboxylic acids is 1. The van der Waals surface area contributed by atoms with E-state index in [4.69, 9.17) is 5.11 Å². The molecule has 0 aliphatic carbocycles. The van der Waals surface area contributed by atoms with Gasteiger partial charge < -0.3 is 10.4 Å². The van der Waals surface area contributed by atoms with E-state index in [0.29, 0.717) is 12.8 Å². The van der Waals surface area contributed by atoms with Gasteiger partial charge in [-0.2, -0.15) is 0 Å². The van der Waals surface area contributed by atoms with E-state index in [1.165, 1.54) is 0 Å². The van der Waals surface area contributed by atoms with Crippen molar-refractivity contribution in [3.8, 4) is 0 Å². The molecular weight excluding hydrogens is 206 g/mol. The van der Waals surface area contributed by atoms with Crippen LogP contribution in [-0.4, -0.2) is 17.0 Å². The van der Waals surface area contributed by atoms with Crippen LogP contribution in [0, 0.1) is 5.92 Å². The molecule has 0 radical (unpaired) electrons. The molecule has 16 heavy (non-hydrogen) atoms. The summed E-state index contributed by atoms with van der Waals surface area (Å²) in [6.45, 7) is 0. The fourth-order valence-electron chi connectivity index (χ4n) is 1.94. The number of hydrogen-bond acceptors (Lipinski definition) is 2. The highest BCUT2D eigenvalue weighted by Crippen LogP contribution is 2.27. The first kappa shape index (κ1) is 10.7. The number of carbonyl (C=O) groups excluding carboxylic acids is 1. The molecular formula is C12H13NO3. The van der Waals surface area contributed by atoms with E-state index in [2.05, 4.69) is 5.32 Å². The molecule has 1 aliphatic rings. The predicted octanol–water partition coefficient (Wildman–Crippen LogP) is 1.66. The van der Waals surface area contributed by atoms with Crippen molar-refractivity contribution in [2.24, 2.45) is 5.92 Å². The van der Waals surface area contributed by atoms with Gasteiger partial charge in [-0.15, -0.1) is 0 Å². The van der Waals surface area contributed by atoms with Crippen molar-refractivity contribution >= 4 is 17.6 Å². The first-order chi connectivity index (χ1) is 7.66. The molecule has 1 aromatic carbocycles. The third-order valence-corrected chi connectivity index (χ3v) is 2.82. The number of carbonyl (C=O) groups is 2. The van der Waals surface area contributed by atoms with Gasteiger partial charge in [-0.3, -0.25) is 9.59 Å². The third-order valence-electron chi connectivity index (χ3n) is 2.82. The fraction of sp³-hybridized carbons (Fsp3) is 0.333. The van der Waals surface area contributed by atoms with E-state index in [9.17, 15) is 9.59 Å². The maximum Gasteiger partial charge on any atom is 0.303 e. The second-order valence-electron chi connectivity index (χ2n) is 3.98. The highest BCUT2D eigenvalue weighted by molar-refractivity contribution is 5.95. The van der Waals surface area contributed by atoms with Crippen molar-refractivity contribution in [2.75, 3.05) is 5.32 Å². The summed E-state index contributed by atoms with van der Waals surface area (Å²) >= 11 is 0. The largest absolute Gasteiger partial charge is 0.481 e. The van der Waals surface area contributed by atoms with Crippen LogP contribution in [-0.2, 0) is 16.0 Å². The highest BCUT2D eigenvalue weighted by Gasteiger charge is 2.25. The van der Waals surface area contributed by atoms with Crippen LogP contribution in [0.1, 0.15) is 18.4 Å². The number of carboxylic acids is 1. The van der Waals surface area contributed by atoms with Crippen LogP contribution >= 0.6 is 0 Å². The van der Waals surface area contributed by atoms with Crippen molar-refractivity contribution in [3.05, 3.63) is 29.8 Å². The van der Waals surface area contributed by atoms with Gasteiger partial charge in [0.1, 0.15) is 0 Å². The fourth-order valence-corrected chi connectivity index (χ4v) is 1.94. The molecule has 2 N–H and O–H groups in total. The van der Waals surface area contributed by atoms with Gasteiger partial charge in [0.2, 0.25) is 5.91 Å². The summed E-state index contributed by atoms with van der Waals surface area (Å²) in [6.07, 6.45) is 1.07. The number of rotatable bonds is 3. The van der Waals surface area contributed by atoms with Crippen molar-refractivity contribution in [2.45, 2.75) is 19.3 Å². The predicted molar refractivity (Wildman–Crippen MR) is 59.1 cm³/mol. The average Bonchev–Trinajstić information content (AvgIpc) is 2.26. The Balaban J connectivity index is 2.09. The van der Waals surface area contributed by atoms with E-state index < -0.39 is 5.97 Å². The first-order valence-corrected chi connectivity index (χ1v) is 5.27. The normalized spacial score (nSPS) is 18.8. The summed E-state index contributed by atoms with van der Waals surface area (Å²) in [4.78, 5) is 22.1. The van der Waals surface area contributed by atoms with Crippen LogP contribution < -0.4 is 5.32 Å². The average molecular weight is 219 g/mol. The molecule has 1 aromatic rings. The molecule has 0 spiro atoms. The second kappa shape index (κ2) is 4.35. The summed E-state index contributed by atoms with van der Waals surface area (Å²) in [6, 6.07) is 7.62. The van der Waals surface area contributed by atoms with Gasteiger partial charge >= 0.3 is 5.97 Å². The Bertz CT molecular complexity index is 428. The first-order valence-electron chi connectivity index (χ1n) is 5.27. The van der Waals surface area contributed by atoms with Crippen LogP contribution in [0.5, 0.6) is 0 Å². The molecule has 1 aliphatic heterocycles. The smallest absolute Gasteiger partial charge is 0.303 e. The Kier molecular flexibility index (Phi) is 2.90. The minimum Gasteiger partial charge on any atom is -0.481 e. The van der Waals surface area contributed by atoms with Gasteiger partial charge in [0, 0.05) is 18.0 Å². The second-order valence-corrected chi connectivity index (χ2v) is 3.98. The minimum atomic E-state index is -0.855. The lowest BCUT2D eigenvalue weighted by Gasteiger charge is -2.23. The molecule has 84 valence electrons. The van der Waals surface area contributed by atoms with Crippen LogP contribution in [0.25, 0.3) is 0 Å². The van der Waals surface area contributed by atoms with Gasteiger partial charge in [-0.1, -0.05) is 18.2 Å². The molecule has 0 aromatic heterocycles. The monoisotopic (exact) mass is 219 g/mol. The number of hydrogen-bond donors (Lipinski definition) is 2. The molecule has 2 rings (SSSR count). The number of fused-ring (bicyclic) bond motifs is 1. The zero-order valence-corrected chi connectivity index (χ0v) is 8.77. The van der Waals surface area contributed by atoms with Crippen LogP contribution in [0.15, 0.2) is 24.3 Å². The maximum absolute atomic E-state index is 11.7. The summed E-state index contributed by atoms with van der Waals surface area (Å²) in [5, 5.41) is 11.4. The van der Waals surface area contributed by atoms with Gasteiger partial charge in [0.15, 0.2) is 0 Å². The zero-order valence-electron chi connectivity index (χ0n) is 8.77. The quantitative estimate of drug-likeness (QED) is 0.812. The van der Waals surface area contributed by atoms with Gasteiger partial charge in [0.05, 0.1) is 0 Å². The number of para-hydroxylation sites is 1. The molecule has 0 saturated heterocycles. The molecule has 4 heteroatoms. The van der Waals surface area contributed by atoms with Crippen LogP contribution in [0.4, 0.5) is 5.69 Å². The summed E-state index contributed by atoms with van der Waals surface area (Å²) in [5.74, 6) is -1.14. The van der Waals surface area contributed by atoms with E-state index in [-0.39, 0.29) is 18.2 Å². The van der Waals surface area contributed by atoms with Crippen molar-refractivity contribution in [3.63, 3.8) is 0 Å². The Hall–Kier alpha value is -1.84. The Morgan fingerprint density at radius 1 is 1.44 bits per heavy atom. The molecule has 0 saturated carbocycles. The Labute approximate surface area is 93.3 Å². The third kappa shape index (κ3) is 2.21. The Morgan fingerprint density at radius 2 is 2.19 bits per heavy atom. The summed E-state index contributed by atoms with van der Waals surface area (Å²) in [5.41, 5.74) is 1.93. The highest BCUT2D eigenvalue weighted by atomic mass is 16.4. The number of benzene rings is 1. The molecule has 0 bridgehead atoms. The van der Waals surface area contributed by atoms with Crippen molar-refractivity contribution in [1.82, 2.24) is 0 Å². The molecule has 0 fully saturated rings. The van der Waals surface area contributed by atoms with Crippen LogP contribution in [0.2, 0.25) is 0 Å². The molecule has 1 atom stereocenters. The van der Waals surface area contributed by atoms with Gasteiger partial charge in [0.25, 0.3) is 0 Å². The zero-order chi connectivity index (χ0) is 11.5. The lowest BCUT2D eigenvalue weighted by atomic mass is 9.90. The van der Waals surface area contributed by atoms with Gasteiger partial charge in [-0.25, -0.2) is 0 Å². The van der Waals surface area contributed by atoms with E-state index >= 15 is 0 Å². The summed E-state index contributed by atoms with van der Waals surface area (Å²) in [7, 11) is 0. The standard InChI is InChI=1S/C12H13NO3/c14-11(15)6-5-9-7-8-3-1-2-4-10(8)13-12(9)16/h1-4,9H,5-7H2,(H,13,16)(H,14,15)/t9-/m1/s1. The lowest BCUT2D eigenvalue weighted by Crippen LogP contribution is -2.30. The number of nitrogens with one attached hydrogen (secondary N) is 1. The van der Waals surface area contributed by atoms with E-state index in [0.717, 1.165) is 11.3 Å². The summed E-state index contributed by atoms with van der Waals surface area (Å²) < 4.78 is 0. The topological polar surface area (TPSA) is 66.4 Å². The minimum absolute atomic E-state index is 0.0419. The molecule has 0 unspecified atom stereocenters. The van der Waals surface area contributed by atoms with Crippen LogP contribution in [0.3, 0.4) is 0 Å². The van der Waals surface area contributed by atoms with E-state index in [1.54, 1.807) is 0 Å². The number of amides is 1. The Morgan fingerprint density at radius 3 is 2.94 bits per heavy atom. The van der Waals surface area contributed by atoms with Gasteiger partial charge in [-0.05, 0) is 24.5 Å². The van der Waals surface area contributed by atoms with Crippen molar-refractivity contribution in [1.29, 1.82) is 0 Å². The van der Waals surface area contributed by atoms with E-state index in [1.807, 2.05) is 24.3 Å².